The summed E-state index contributed by atoms with van der Waals surface area (Å²) in [5, 5.41) is 20.6. The van der Waals surface area contributed by atoms with Crippen molar-refractivity contribution in [2.75, 3.05) is 19.0 Å². The standard InChI is InChI=1S/C24H23NO7S/c26-12-17(27)15-33-23-11-21(28)20(10-22(23)29)25-24(30)14-32-19-8-6-18(7-9-19)31-13-16-4-2-1-3-5-16/h1-11,17,26-27H,12-15H2,(H,25,30). The minimum Gasteiger partial charge on any atom is -0.489 e. The fourth-order valence-electron chi connectivity index (χ4n) is 2.70. The Bertz CT molecular complexity index is 1050. The molecule has 1 atom stereocenters. The Hall–Kier alpha value is -3.40. The molecule has 0 fully saturated rings. The molecule has 1 aliphatic carbocycles. The largest absolute Gasteiger partial charge is 0.489 e. The number of carbonyl (C=O) groups excluding carboxylic acids is 3. The van der Waals surface area contributed by atoms with E-state index in [0.717, 1.165) is 29.5 Å². The first-order chi connectivity index (χ1) is 15.9. The van der Waals surface area contributed by atoms with Crippen molar-refractivity contribution in [3.05, 3.63) is 82.9 Å². The molecule has 0 aromatic heterocycles. The monoisotopic (exact) mass is 469 g/mol. The molecule has 33 heavy (non-hydrogen) atoms. The second kappa shape index (κ2) is 12.0. The molecular formula is C24H23NO7S. The first-order valence-corrected chi connectivity index (χ1v) is 11.1. The SMILES string of the molecule is O=C(COc1ccc(OCc2ccccc2)cc1)NC1=CC(=O)C(SCC(O)CO)=CC1=O. The van der Waals surface area contributed by atoms with Crippen LogP contribution in [0, 0.1) is 0 Å². The summed E-state index contributed by atoms with van der Waals surface area (Å²) in [5.74, 6) is -0.430. The van der Waals surface area contributed by atoms with Crippen molar-refractivity contribution in [1.29, 1.82) is 0 Å². The molecule has 0 radical (unpaired) electrons. The average molecular weight is 470 g/mol. The predicted octanol–water partition coefficient (Wildman–Crippen LogP) is 1.77. The molecule has 0 heterocycles. The van der Waals surface area contributed by atoms with Gasteiger partial charge in [0.25, 0.3) is 5.91 Å². The van der Waals surface area contributed by atoms with Crippen molar-refractivity contribution in [1.82, 2.24) is 5.32 Å². The number of ether oxygens (including phenoxy) is 2. The Balaban J connectivity index is 1.44. The number of aliphatic hydroxyl groups excluding tert-OH is 2. The first kappa shape index (κ1) is 24.2. The summed E-state index contributed by atoms with van der Waals surface area (Å²) >= 11 is 0.962. The molecule has 2 aromatic carbocycles. The number of aliphatic hydroxyl groups is 2. The second-order valence-electron chi connectivity index (χ2n) is 7.03. The van der Waals surface area contributed by atoms with Gasteiger partial charge in [0.1, 0.15) is 18.1 Å². The summed E-state index contributed by atoms with van der Waals surface area (Å²) < 4.78 is 11.1. The normalized spacial score (nSPS) is 14.2. The highest BCUT2D eigenvalue weighted by Crippen LogP contribution is 2.23. The number of rotatable bonds is 11. The molecule has 3 rings (SSSR count). The van der Waals surface area contributed by atoms with Gasteiger partial charge in [-0.1, -0.05) is 30.3 Å². The van der Waals surface area contributed by atoms with Gasteiger partial charge >= 0.3 is 0 Å². The predicted molar refractivity (Wildman–Crippen MR) is 123 cm³/mol. The molecule has 172 valence electrons. The highest BCUT2D eigenvalue weighted by molar-refractivity contribution is 8.04. The summed E-state index contributed by atoms with van der Waals surface area (Å²) in [7, 11) is 0. The highest BCUT2D eigenvalue weighted by Gasteiger charge is 2.22. The van der Waals surface area contributed by atoms with Gasteiger partial charge in [0.15, 0.2) is 12.4 Å². The van der Waals surface area contributed by atoms with Gasteiger partial charge in [-0.2, -0.15) is 0 Å². The Kier molecular flexibility index (Phi) is 8.82. The maximum absolute atomic E-state index is 12.2. The molecule has 0 saturated heterocycles. The van der Waals surface area contributed by atoms with Gasteiger partial charge in [-0.3, -0.25) is 14.4 Å². The molecule has 9 heteroatoms. The van der Waals surface area contributed by atoms with Crippen LogP contribution < -0.4 is 14.8 Å². The van der Waals surface area contributed by atoms with Crippen LogP contribution in [0.2, 0.25) is 0 Å². The molecule has 0 spiro atoms. The van der Waals surface area contributed by atoms with Crippen LogP contribution in [0.5, 0.6) is 11.5 Å². The Morgan fingerprint density at radius 1 is 0.939 bits per heavy atom. The number of ketones is 2. The van der Waals surface area contributed by atoms with Crippen molar-refractivity contribution in [3.8, 4) is 11.5 Å². The number of hydrogen-bond acceptors (Lipinski definition) is 8. The minimum atomic E-state index is -0.995. The molecule has 1 unspecified atom stereocenters. The third-order valence-electron chi connectivity index (χ3n) is 4.40. The zero-order valence-electron chi connectivity index (χ0n) is 17.6. The summed E-state index contributed by atoms with van der Waals surface area (Å²) in [6.07, 6.45) is 1.14. The summed E-state index contributed by atoms with van der Waals surface area (Å²) in [6.45, 7) is -0.359. The first-order valence-electron chi connectivity index (χ1n) is 10.1. The van der Waals surface area contributed by atoms with E-state index in [1.54, 1.807) is 24.3 Å². The van der Waals surface area contributed by atoms with Crippen LogP contribution in [0.4, 0.5) is 0 Å². The number of carbonyl (C=O) groups is 3. The van der Waals surface area contributed by atoms with Gasteiger partial charge in [-0.25, -0.2) is 0 Å². The number of hydrogen-bond donors (Lipinski definition) is 3. The second-order valence-corrected chi connectivity index (χ2v) is 8.09. The Morgan fingerprint density at radius 2 is 1.61 bits per heavy atom. The summed E-state index contributed by atoms with van der Waals surface area (Å²) in [4.78, 5) is 36.6. The molecule has 1 aliphatic rings. The Morgan fingerprint density at radius 3 is 2.27 bits per heavy atom. The van der Waals surface area contributed by atoms with Crippen molar-refractivity contribution in [2.45, 2.75) is 12.7 Å². The van der Waals surface area contributed by atoms with Crippen molar-refractivity contribution in [3.63, 3.8) is 0 Å². The van der Waals surface area contributed by atoms with Gasteiger partial charge in [-0.15, -0.1) is 11.8 Å². The number of allylic oxidation sites excluding steroid dienone is 3. The molecule has 0 bridgehead atoms. The number of benzene rings is 2. The van der Waals surface area contributed by atoms with Gasteiger partial charge in [0.05, 0.1) is 23.3 Å². The van der Waals surface area contributed by atoms with E-state index in [9.17, 15) is 19.5 Å². The Labute approximate surface area is 194 Å². The molecule has 2 aromatic rings. The van der Waals surface area contributed by atoms with E-state index in [1.165, 1.54) is 0 Å². The zero-order chi connectivity index (χ0) is 23.6. The maximum atomic E-state index is 12.2. The third kappa shape index (κ3) is 7.60. The minimum absolute atomic E-state index is 0.0702. The van der Waals surface area contributed by atoms with Crippen LogP contribution >= 0.6 is 11.8 Å². The average Bonchev–Trinajstić information content (AvgIpc) is 2.83. The van der Waals surface area contributed by atoms with Crippen LogP contribution in [-0.4, -0.2) is 52.8 Å². The van der Waals surface area contributed by atoms with Crippen LogP contribution in [0.15, 0.2) is 77.4 Å². The highest BCUT2D eigenvalue weighted by atomic mass is 32.2. The van der Waals surface area contributed by atoms with Crippen LogP contribution in [0.1, 0.15) is 5.56 Å². The van der Waals surface area contributed by atoms with E-state index >= 15 is 0 Å². The molecule has 3 N–H and O–H groups in total. The van der Waals surface area contributed by atoms with Crippen molar-refractivity contribution >= 4 is 29.2 Å². The molecule has 0 aliphatic heterocycles. The van der Waals surface area contributed by atoms with E-state index in [1.807, 2.05) is 30.3 Å². The van der Waals surface area contributed by atoms with E-state index < -0.39 is 30.2 Å². The molecule has 0 saturated carbocycles. The third-order valence-corrected chi connectivity index (χ3v) is 5.59. The van der Waals surface area contributed by atoms with Gasteiger partial charge in [-0.05, 0) is 29.8 Å². The molecular weight excluding hydrogens is 446 g/mol. The van der Waals surface area contributed by atoms with E-state index in [4.69, 9.17) is 14.6 Å². The molecule has 1 amide bonds. The smallest absolute Gasteiger partial charge is 0.262 e. The van der Waals surface area contributed by atoms with E-state index in [-0.39, 0.29) is 23.0 Å². The fourth-order valence-corrected chi connectivity index (χ4v) is 3.57. The van der Waals surface area contributed by atoms with Gasteiger partial charge in [0.2, 0.25) is 5.78 Å². The van der Waals surface area contributed by atoms with Gasteiger partial charge in [0, 0.05) is 17.9 Å². The van der Waals surface area contributed by atoms with Crippen LogP contribution in [0.25, 0.3) is 0 Å². The van der Waals surface area contributed by atoms with E-state index in [0.29, 0.717) is 18.1 Å². The topological polar surface area (TPSA) is 122 Å². The summed E-state index contributed by atoms with van der Waals surface area (Å²) in [5.41, 5.74) is 0.896. The van der Waals surface area contributed by atoms with E-state index in [2.05, 4.69) is 5.32 Å². The van der Waals surface area contributed by atoms with Gasteiger partial charge < -0.3 is 25.0 Å². The van der Waals surface area contributed by atoms with Crippen molar-refractivity contribution < 1.29 is 34.1 Å². The van der Waals surface area contributed by atoms with Crippen LogP contribution in [0.3, 0.4) is 0 Å². The van der Waals surface area contributed by atoms with Crippen LogP contribution in [-0.2, 0) is 21.0 Å². The lowest BCUT2D eigenvalue weighted by Crippen LogP contribution is -2.33. The molecule has 8 nitrogen and oxygen atoms in total. The zero-order valence-corrected chi connectivity index (χ0v) is 18.4. The maximum Gasteiger partial charge on any atom is 0.262 e. The number of thioether (sulfide) groups is 1. The quantitative estimate of drug-likeness (QED) is 0.426. The lowest BCUT2D eigenvalue weighted by molar-refractivity contribution is -0.124. The number of amides is 1. The fraction of sp³-hybridized carbons (Fsp3) is 0.208. The van der Waals surface area contributed by atoms with Crippen molar-refractivity contribution in [2.24, 2.45) is 0 Å². The summed E-state index contributed by atoms with van der Waals surface area (Å²) in [6, 6.07) is 16.5. The lowest BCUT2D eigenvalue weighted by atomic mass is 10.1. The lowest BCUT2D eigenvalue weighted by Gasteiger charge is -2.14. The number of nitrogens with one attached hydrogen (secondary N) is 1.